The van der Waals surface area contributed by atoms with Crippen molar-refractivity contribution in [2.45, 2.75) is 6.42 Å². The first-order valence-corrected chi connectivity index (χ1v) is 9.45. The molecule has 0 fully saturated rings. The van der Waals surface area contributed by atoms with Crippen LogP contribution in [0.2, 0.25) is 0 Å². The Hall–Kier alpha value is -3.66. The number of aromatic nitrogens is 8. The topological polar surface area (TPSA) is 98.7 Å². The highest BCUT2D eigenvalue weighted by Gasteiger charge is 2.11. The molecule has 0 spiro atoms. The van der Waals surface area contributed by atoms with E-state index in [9.17, 15) is 0 Å². The molecule has 0 aliphatic heterocycles. The Balaban J connectivity index is 1.45. The van der Waals surface area contributed by atoms with Crippen LogP contribution in [-0.2, 0) is 13.5 Å². The van der Waals surface area contributed by atoms with Crippen LogP contribution in [-0.4, -0.2) is 39.3 Å². The third-order valence-electron chi connectivity index (χ3n) is 4.26. The average Bonchev–Trinajstić information content (AvgIpc) is 3.45. The van der Waals surface area contributed by atoms with Crippen molar-refractivity contribution in [3.05, 3.63) is 65.1 Å². The fourth-order valence-electron chi connectivity index (χ4n) is 2.84. The van der Waals surface area contributed by atoms with Crippen LogP contribution in [0.25, 0.3) is 17.0 Å². The molecule has 9 nitrogen and oxygen atoms in total. The van der Waals surface area contributed by atoms with E-state index in [4.69, 9.17) is 0 Å². The summed E-state index contributed by atoms with van der Waals surface area (Å²) in [7, 11) is 1.85. The lowest BCUT2D eigenvalue weighted by Crippen LogP contribution is -2.03. The summed E-state index contributed by atoms with van der Waals surface area (Å²) < 4.78 is 3.62. The second kappa shape index (κ2) is 6.82. The van der Waals surface area contributed by atoms with Gasteiger partial charge in [-0.15, -0.1) is 21.5 Å². The van der Waals surface area contributed by atoms with Gasteiger partial charge >= 0.3 is 0 Å². The zero-order valence-corrected chi connectivity index (χ0v) is 15.7. The number of nitrogens with one attached hydrogen (secondary N) is 1. The molecular formula is C18H15N9S. The van der Waals surface area contributed by atoms with Crippen LogP contribution in [0.1, 0.15) is 10.7 Å². The number of hydrogen-bond acceptors (Lipinski definition) is 8. The van der Waals surface area contributed by atoms with Crippen molar-refractivity contribution >= 4 is 28.8 Å². The number of fused-ring (bicyclic) bond motifs is 1. The van der Waals surface area contributed by atoms with E-state index >= 15 is 0 Å². The highest BCUT2D eigenvalue weighted by atomic mass is 32.1. The Morgan fingerprint density at radius 1 is 1.07 bits per heavy atom. The summed E-state index contributed by atoms with van der Waals surface area (Å²) in [4.78, 5) is 14.6. The van der Waals surface area contributed by atoms with E-state index in [0.29, 0.717) is 17.3 Å². The molecule has 0 saturated heterocycles. The van der Waals surface area contributed by atoms with E-state index in [1.807, 2.05) is 35.7 Å². The molecule has 0 radical (unpaired) electrons. The fraction of sp³-hybridized carbons (Fsp3) is 0.111. The molecule has 10 heteroatoms. The van der Waals surface area contributed by atoms with Crippen LogP contribution in [0.4, 0.5) is 11.8 Å². The van der Waals surface area contributed by atoms with Gasteiger partial charge in [0, 0.05) is 36.7 Å². The lowest BCUT2D eigenvalue weighted by Gasteiger charge is -2.06. The van der Waals surface area contributed by atoms with E-state index in [2.05, 4.69) is 47.0 Å². The van der Waals surface area contributed by atoms with E-state index in [0.717, 1.165) is 23.7 Å². The monoisotopic (exact) mass is 389 g/mol. The number of anilines is 2. The fourth-order valence-corrected chi connectivity index (χ4v) is 3.55. The number of nitrogens with zero attached hydrogens (tertiary/aromatic N) is 8. The summed E-state index contributed by atoms with van der Waals surface area (Å²) >= 11 is 1.70. The first kappa shape index (κ1) is 16.5. The number of aryl methyl sites for hydroxylation is 1. The molecule has 0 amide bonds. The van der Waals surface area contributed by atoms with E-state index in [-0.39, 0.29) is 0 Å². The average molecular weight is 389 g/mol. The summed E-state index contributed by atoms with van der Waals surface area (Å²) in [5.41, 5.74) is 2.14. The van der Waals surface area contributed by atoms with Crippen molar-refractivity contribution in [3.63, 3.8) is 0 Å². The number of rotatable bonds is 5. The molecule has 0 aliphatic rings. The molecule has 0 unspecified atom stereocenters. The Kier molecular flexibility index (Phi) is 4.02. The second-order valence-corrected chi connectivity index (χ2v) is 7.14. The molecule has 0 bridgehead atoms. The van der Waals surface area contributed by atoms with Crippen LogP contribution in [0.15, 0.2) is 54.4 Å². The standard InChI is InChI=1S/C18H15N9S/c1-26-15(5-7-21-26)23-18-19-6-4-13(22-18)14-10-17-25-24-16(27(17)11-20-14)9-12-3-2-8-28-12/h2-8,10-11H,9H2,1H3,(H,19,22,23). The maximum atomic E-state index is 4.55. The molecule has 5 rings (SSSR count). The Labute approximate surface area is 163 Å². The predicted molar refractivity (Wildman–Crippen MR) is 105 cm³/mol. The van der Waals surface area contributed by atoms with Crippen molar-refractivity contribution in [2.75, 3.05) is 5.32 Å². The SMILES string of the molecule is Cn1nccc1Nc1nccc(-c2cc3nnc(Cc4cccs4)n3cn2)n1. The van der Waals surface area contributed by atoms with Crippen LogP contribution >= 0.6 is 11.3 Å². The van der Waals surface area contributed by atoms with Gasteiger partial charge in [0.15, 0.2) is 5.65 Å². The molecular weight excluding hydrogens is 374 g/mol. The van der Waals surface area contributed by atoms with E-state index < -0.39 is 0 Å². The van der Waals surface area contributed by atoms with Crippen LogP contribution < -0.4 is 5.32 Å². The van der Waals surface area contributed by atoms with Gasteiger partial charge in [0.05, 0.1) is 17.6 Å². The van der Waals surface area contributed by atoms with E-state index in [1.54, 1.807) is 34.7 Å². The molecule has 0 aliphatic carbocycles. The summed E-state index contributed by atoms with van der Waals surface area (Å²) in [5.74, 6) is 2.14. The van der Waals surface area contributed by atoms with Crippen molar-refractivity contribution in [2.24, 2.45) is 7.05 Å². The third kappa shape index (κ3) is 3.09. The van der Waals surface area contributed by atoms with Crippen molar-refractivity contribution in [3.8, 4) is 11.4 Å². The maximum Gasteiger partial charge on any atom is 0.228 e. The quantitative estimate of drug-likeness (QED) is 0.493. The second-order valence-electron chi connectivity index (χ2n) is 6.11. The molecule has 5 aromatic rings. The zero-order valence-electron chi connectivity index (χ0n) is 14.9. The first-order chi connectivity index (χ1) is 13.8. The summed E-state index contributed by atoms with van der Waals surface area (Å²) in [5, 5.41) is 17.9. The molecule has 1 N–H and O–H groups in total. The number of hydrogen-bond donors (Lipinski definition) is 1. The molecule has 5 heterocycles. The third-order valence-corrected chi connectivity index (χ3v) is 5.14. The first-order valence-electron chi connectivity index (χ1n) is 8.57. The molecule has 5 aromatic heterocycles. The Morgan fingerprint density at radius 2 is 2.04 bits per heavy atom. The largest absolute Gasteiger partial charge is 0.309 e. The smallest absolute Gasteiger partial charge is 0.228 e. The van der Waals surface area contributed by atoms with Gasteiger partial charge in [-0.3, -0.25) is 9.08 Å². The number of thiophene rings is 1. The van der Waals surface area contributed by atoms with Crippen LogP contribution in [0, 0.1) is 0 Å². The summed E-state index contributed by atoms with van der Waals surface area (Å²) in [6.45, 7) is 0. The van der Waals surface area contributed by atoms with Crippen LogP contribution in [0.3, 0.4) is 0 Å². The molecule has 138 valence electrons. The normalized spacial score (nSPS) is 11.2. The maximum absolute atomic E-state index is 4.55. The summed E-state index contributed by atoms with van der Waals surface area (Å²) in [6, 6.07) is 9.67. The van der Waals surface area contributed by atoms with Gasteiger partial charge < -0.3 is 5.32 Å². The van der Waals surface area contributed by atoms with Gasteiger partial charge in [0.2, 0.25) is 5.95 Å². The highest BCUT2D eigenvalue weighted by molar-refractivity contribution is 7.09. The Morgan fingerprint density at radius 3 is 2.86 bits per heavy atom. The zero-order chi connectivity index (χ0) is 18.9. The minimum Gasteiger partial charge on any atom is -0.309 e. The van der Waals surface area contributed by atoms with Gasteiger partial charge in [0.25, 0.3) is 0 Å². The van der Waals surface area contributed by atoms with Gasteiger partial charge in [0.1, 0.15) is 18.0 Å². The lowest BCUT2D eigenvalue weighted by atomic mass is 10.3. The molecule has 0 saturated carbocycles. The predicted octanol–water partition coefficient (Wildman–Crippen LogP) is 2.71. The van der Waals surface area contributed by atoms with Gasteiger partial charge in [-0.1, -0.05) is 6.07 Å². The van der Waals surface area contributed by atoms with Crippen molar-refractivity contribution in [1.82, 2.24) is 39.3 Å². The minimum absolute atomic E-state index is 0.475. The van der Waals surface area contributed by atoms with Gasteiger partial charge in [-0.25, -0.2) is 15.0 Å². The Bertz CT molecular complexity index is 1240. The molecule has 0 aromatic carbocycles. The lowest BCUT2D eigenvalue weighted by molar-refractivity contribution is 0.775. The van der Waals surface area contributed by atoms with Crippen LogP contribution in [0.5, 0.6) is 0 Å². The molecule has 0 atom stereocenters. The van der Waals surface area contributed by atoms with Crippen molar-refractivity contribution in [1.29, 1.82) is 0 Å². The minimum atomic E-state index is 0.475. The summed E-state index contributed by atoms with van der Waals surface area (Å²) in [6.07, 6.45) is 5.87. The van der Waals surface area contributed by atoms with Gasteiger partial charge in [-0.2, -0.15) is 5.10 Å². The van der Waals surface area contributed by atoms with Gasteiger partial charge in [-0.05, 0) is 17.5 Å². The highest BCUT2D eigenvalue weighted by Crippen LogP contribution is 2.20. The van der Waals surface area contributed by atoms with Crippen molar-refractivity contribution < 1.29 is 0 Å². The van der Waals surface area contributed by atoms with E-state index in [1.165, 1.54) is 4.88 Å². The molecule has 28 heavy (non-hydrogen) atoms.